The Morgan fingerprint density at radius 1 is 1.32 bits per heavy atom. The van der Waals surface area contributed by atoms with E-state index in [4.69, 9.17) is 15.2 Å². The molecule has 2 amide bonds. The van der Waals surface area contributed by atoms with Crippen molar-refractivity contribution in [2.75, 3.05) is 13.7 Å². The first-order chi connectivity index (χ1) is 17.6. The lowest BCUT2D eigenvalue weighted by Gasteiger charge is -2.38. The van der Waals surface area contributed by atoms with Crippen LogP contribution in [-0.2, 0) is 14.3 Å². The number of ether oxygens (including phenoxy) is 3. The number of aliphatic imine (C=N–C) groups is 1. The van der Waals surface area contributed by atoms with E-state index in [1.165, 1.54) is 23.1 Å². The number of fused-ring (bicyclic) bond motifs is 1. The molecule has 4 rings (SSSR count). The van der Waals surface area contributed by atoms with Gasteiger partial charge in [-0.05, 0) is 64.7 Å². The van der Waals surface area contributed by atoms with E-state index in [0.29, 0.717) is 37.2 Å². The van der Waals surface area contributed by atoms with E-state index in [1.54, 1.807) is 7.11 Å². The molecule has 12 heteroatoms. The number of methoxy groups -OCH3 is 1. The van der Waals surface area contributed by atoms with Gasteiger partial charge in [0.2, 0.25) is 11.8 Å². The summed E-state index contributed by atoms with van der Waals surface area (Å²) in [7, 11) is 1.56. The molecular weight excluding hydrogens is 505 g/mol. The van der Waals surface area contributed by atoms with E-state index >= 15 is 0 Å². The summed E-state index contributed by atoms with van der Waals surface area (Å²) in [6.07, 6.45) is -3.26. The summed E-state index contributed by atoms with van der Waals surface area (Å²) >= 11 is 0. The van der Waals surface area contributed by atoms with Gasteiger partial charge in [-0.3, -0.25) is 14.5 Å². The molecule has 3 aliphatic rings. The van der Waals surface area contributed by atoms with E-state index in [0.717, 1.165) is 0 Å². The van der Waals surface area contributed by atoms with Crippen LogP contribution in [0, 0.1) is 11.8 Å². The number of carbonyl (C=O) groups excluding carboxylic acids is 2. The quantitative estimate of drug-likeness (QED) is 0.520. The molecule has 1 aliphatic carbocycles. The lowest BCUT2D eigenvalue weighted by Crippen LogP contribution is -2.55. The Bertz CT molecular complexity index is 1120. The van der Waals surface area contributed by atoms with Gasteiger partial charge >= 0.3 is 6.36 Å². The predicted octanol–water partition coefficient (Wildman–Crippen LogP) is 3.67. The molecule has 38 heavy (non-hydrogen) atoms. The second kappa shape index (κ2) is 9.94. The van der Waals surface area contributed by atoms with Crippen molar-refractivity contribution in [3.63, 3.8) is 0 Å². The van der Waals surface area contributed by atoms with Crippen LogP contribution in [0.2, 0.25) is 0 Å². The predicted molar refractivity (Wildman–Crippen MR) is 132 cm³/mol. The first-order valence-corrected chi connectivity index (χ1v) is 12.6. The van der Waals surface area contributed by atoms with Crippen molar-refractivity contribution in [3.8, 4) is 11.5 Å². The van der Waals surface area contributed by atoms with Gasteiger partial charge in [-0.1, -0.05) is 0 Å². The number of nitrogens with one attached hydrogen (secondary N) is 1. The average Bonchev–Trinajstić information content (AvgIpc) is 3.54. The number of carbonyl (C=O) groups is 2. The molecule has 4 atom stereocenters. The topological polar surface area (TPSA) is 115 Å². The Balaban J connectivity index is 1.52. The van der Waals surface area contributed by atoms with Gasteiger partial charge in [-0.25, -0.2) is 4.99 Å². The van der Waals surface area contributed by atoms with Crippen LogP contribution in [0.5, 0.6) is 11.5 Å². The Kier molecular flexibility index (Phi) is 7.32. The molecule has 1 unspecified atom stereocenters. The fourth-order valence-corrected chi connectivity index (χ4v) is 5.49. The van der Waals surface area contributed by atoms with Crippen LogP contribution >= 0.6 is 0 Å². The fourth-order valence-electron chi connectivity index (χ4n) is 5.49. The zero-order chi connectivity index (χ0) is 28.0. The summed E-state index contributed by atoms with van der Waals surface area (Å²) in [6, 6.07) is 2.92. The van der Waals surface area contributed by atoms with Gasteiger partial charge in [0.25, 0.3) is 0 Å². The van der Waals surface area contributed by atoms with E-state index in [-0.39, 0.29) is 41.9 Å². The number of hydrogen-bond acceptors (Lipinski definition) is 7. The highest BCUT2D eigenvalue weighted by Gasteiger charge is 2.52. The van der Waals surface area contributed by atoms with Crippen molar-refractivity contribution in [2.45, 2.75) is 83.0 Å². The molecular formula is C26H35F3N4O5. The number of benzene rings is 1. The van der Waals surface area contributed by atoms with Gasteiger partial charge in [0, 0.05) is 37.7 Å². The molecule has 0 spiro atoms. The molecule has 210 valence electrons. The third-order valence-corrected chi connectivity index (χ3v) is 7.13. The van der Waals surface area contributed by atoms with Crippen LogP contribution in [0.3, 0.4) is 0 Å². The number of alkyl halides is 3. The van der Waals surface area contributed by atoms with Crippen LogP contribution < -0.4 is 20.5 Å². The van der Waals surface area contributed by atoms with Crippen LogP contribution in [0.1, 0.15) is 65.0 Å². The first kappa shape index (κ1) is 28.0. The molecule has 1 aromatic carbocycles. The summed E-state index contributed by atoms with van der Waals surface area (Å²) in [5, 5.41) is 3.01. The maximum atomic E-state index is 13.4. The molecule has 2 aliphatic heterocycles. The Hall–Kier alpha value is -3.02. The second-order valence-corrected chi connectivity index (χ2v) is 11.5. The van der Waals surface area contributed by atoms with E-state index in [9.17, 15) is 22.8 Å². The number of halogens is 3. The molecule has 1 fully saturated rings. The highest BCUT2D eigenvalue weighted by Crippen LogP contribution is 2.47. The molecule has 0 saturated heterocycles. The standard InChI is InChI=1S/C26H35F3N4O5/c1-24(2)13-21(34)33(23(30)32-24)19(8-9-36-5)15-11-16(15)22(35)31-18-12-25(3,4)38-20-7-6-14(10-17(18)20)37-26(27,28)29/h6-7,10,15-16,18-19H,8-9,11-13H2,1-5H3,(H2,30,32)(H,31,35)/t15-,16-,18?,19-/m1/s1. The summed E-state index contributed by atoms with van der Waals surface area (Å²) in [4.78, 5) is 32.4. The summed E-state index contributed by atoms with van der Waals surface area (Å²) in [5.41, 5.74) is 5.37. The maximum absolute atomic E-state index is 13.4. The normalized spacial score (nSPS) is 26.5. The van der Waals surface area contributed by atoms with Gasteiger partial charge < -0.3 is 25.3 Å². The van der Waals surface area contributed by atoms with Crippen LogP contribution in [0.4, 0.5) is 13.2 Å². The fraction of sp³-hybridized carbons (Fsp3) is 0.654. The van der Waals surface area contributed by atoms with E-state index < -0.39 is 29.5 Å². The van der Waals surface area contributed by atoms with Crippen molar-refractivity contribution in [1.29, 1.82) is 0 Å². The first-order valence-electron chi connectivity index (χ1n) is 12.6. The minimum Gasteiger partial charge on any atom is -0.487 e. The lowest BCUT2D eigenvalue weighted by molar-refractivity contribution is -0.274. The van der Waals surface area contributed by atoms with Gasteiger partial charge in [0.05, 0.1) is 18.0 Å². The van der Waals surface area contributed by atoms with Gasteiger partial charge in [-0.2, -0.15) is 0 Å². The van der Waals surface area contributed by atoms with Crippen LogP contribution in [0.15, 0.2) is 23.2 Å². The third-order valence-electron chi connectivity index (χ3n) is 7.13. The second-order valence-electron chi connectivity index (χ2n) is 11.5. The van der Waals surface area contributed by atoms with Crippen molar-refractivity contribution >= 4 is 17.8 Å². The molecule has 0 bridgehead atoms. The Morgan fingerprint density at radius 2 is 2.03 bits per heavy atom. The van der Waals surface area contributed by atoms with Gasteiger partial charge in [-0.15, -0.1) is 13.2 Å². The molecule has 9 nitrogen and oxygen atoms in total. The van der Waals surface area contributed by atoms with E-state index in [1.807, 2.05) is 27.7 Å². The number of nitrogens with two attached hydrogens (primary N) is 1. The molecule has 0 radical (unpaired) electrons. The Morgan fingerprint density at radius 3 is 2.66 bits per heavy atom. The molecule has 1 saturated carbocycles. The molecule has 3 N–H and O–H groups in total. The highest BCUT2D eigenvalue weighted by molar-refractivity contribution is 5.99. The van der Waals surface area contributed by atoms with Crippen molar-refractivity contribution in [2.24, 2.45) is 22.6 Å². The largest absolute Gasteiger partial charge is 0.573 e. The van der Waals surface area contributed by atoms with Crippen LogP contribution in [-0.4, -0.2) is 59.9 Å². The maximum Gasteiger partial charge on any atom is 0.573 e. The van der Waals surface area contributed by atoms with Crippen molar-refractivity contribution in [3.05, 3.63) is 23.8 Å². The minimum absolute atomic E-state index is 0.135. The minimum atomic E-state index is -4.84. The molecule has 0 aromatic heterocycles. The monoisotopic (exact) mass is 540 g/mol. The van der Waals surface area contributed by atoms with Gasteiger partial charge in [0.15, 0.2) is 5.96 Å². The third kappa shape index (κ3) is 6.33. The number of rotatable bonds is 8. The Labute approximate surface area is 219 Å². The number of nitrogens with zero attached hydrogens (tertiary/aromatic N) is 2. The SMILES string of the molecule is COCC[C@H]([C@@H]1C[C@H]1C(=O)NC1CC(C)(C)Oc2ccc(OC(F)(F)F)cc21)N1C(=O)CC(C)(C)N=C1N. The van der Waals surface area contributed by atoms with E-state index in [2.05, 4.69) is 15.0 Å². The highest BCUT2D eigenvalue weighted by atomic mass is 19.4. The zero-order valence-electron chi connectivity index (χ0n) is 22.2. The smallest absolute Gasteiger partial charge is 0.487 e. The summed E-state index contributed by atoms with van der Waals surface area (Å²) < 4.78 is 53.7. The number of hydrogen-bond donors (Lipinski definition) is 2. The van der Waals surface area contributed by atoms with Crippen molar-refractivity contribution < 1.29 is 37.0 Å². The number of guanidine groups is 1. The summed E-state index contributed by atoms with van der Waals surface area (Å²) in [6.45, 7) is 7.75. The summed E-state index contributed by atoms with van der Waals surface area (Å²) in [5.74, 6) is -0.801. The zero-order valence-corrected chi connectivity index (χ0v) is 22.2. The average molecular weight is 541 g/mol. The van der Waals surface area contributed by atoms with Crippen molar-refractivity contribution in [1.82, 2.24) is 10.2 Å². The number of amides is 2. The molecule has 2 heterocycles. The lowest BCUT2D eigenvalue weighted by atomic mass is 9.89. The van der Waals surface area contributed by atoms with Crippen LogP contribution in [0.25, 0.3) is 0 Å². The van der Waals surface area contributed by atoms with Gasteiger partial charge in [0.1, 0.15) is 17.1 Å². The molecule has 1 aromatic rings.